The van der Waals surface area contributed by atoms with Crippen molar-refractivity contribution < 1.29 is 4.52 Å². The molecule has 0 amide bonds. The van der Waals surface area contributed by atoms with Gasteiger partial charge in [0.05, 0.1) is 5.02 Å². The fourth-order valence-corrected chi connectivity index (χ4v) is 3.28. The first-order chi connectivity index (χ1) is 9.28. The van der Waals surface area contributed by atoms with Crippen LogP contribution in [0.25, 0.3) is 11.4 Å². The Kier molecular flexibility index (Phi) is 3.48. The number of rotatable bonds is 2. The van der Waals surface area contributed by atoms with Gasteiger partial charge in [0.15, 0.2) is 0 Å². The highest BCUT2D eigenvalue weighted by Crippen LogP contribution is 2.62. The van der Waals surface area contributed by atoms with Crippen LogP contribution in [0, 0.1) is 5.41 Å². The fraction of sp³-hybridized carbons (Fsp3) is 0.429. The normalized spacial score (nSPS) is 27.6. The fourth-order valence-electron chi connectivity index (χ4n) is 3.06. The van der Waals surface area contributed by atoms with Crippen LogP contribution in [0.4, 0.5) is 0 Å². The molecular weight excluding hydrogens is 297 g/mol. The van der Waals surface area contributed by atoms with E-state index in [2.05, 4.69) is 15.5 Å². The molecule has 1 aromatic carbocycles. The summed E-state index contributed by atoms with van der Waals surface area (Å²) in [6.45, 7) is 2.17. The highest BCUT2D eigenvalue weighted by Gasteiger charge is 2.58. The highest BCUT2D eigenvalue weighted by molar-refractivity contribution is 6.33. The van der Waals surface area contributed by atoms with Gasteiger partial charge in [-0.3, -0.25) is 0 Å². The van der Waals surface area contributed by atoms with Gasteiger partial charge in [0.25, 0.3) is 0 Å². The van der Waals surface area contributed by atoms with E-state index in [1.54, 1.807) is 0 Å². The minimum absolute atomic E-state index is 0. The van der Waals surface area contributed by atoms with E-state index in [9.17, 15) is 0 Å². The van der Waals surface area contributed by atoms with E-state index in [1.807, 2.05) is 24.3 Å². The molecule has 2 fully saturated rings. The molecule has 1 saturated carbocycles. The molecule has 4 rings (SSSR count). The summed E-state index contributed by atoms with van der Waals surface area (Å²) < 4.78 is 5.44. The van der Waals surface area contributed by atoms with E-state index >= 15 is 0 Å². The molecular formula is C14H15Cl2N3O. The molecule has 20 heavy (non-hydrogen) atoms. The van der Waals surface area contributed by atoms with Gasteiger partial charge in [-0.25, -0.2) is 0 Å². The molecule has 2 atom stereocenters. The predicted octanol–water partition coefficient (Wildman–Crippen LogP) is 3.28. The molecule has 2 aromatic rings. The van der Waals surface area contributed by atoms with Gasteiger partial charge in [0.1, 0.15) is 0 Å². The van der Waals surface area contributed by atoms with Crippen LogP contribution in [0.3, 0.4) is 0 Å². The zero-order valence-corrected chi connectivity index (χ0v) is 12.4. The maximum absolute atomic E-state index is 6.15. The third-order valence-electron chi connectivity index (χ3n) is 4.32. The molecule has 2 heterocycles. The summed E-state index contributed by atoms with van der Waals surface area (Å²) >= 11 is 6.15. The number of hydrogen-bond donors (Lipinski definition) is 1. The molecule has 6 heteroatoms. The lowest BCUT2D eigenvalue weighted by atomic mass is 10.0. The first-order valence-electron chi connectivity index (χ1n) is 6.58. The molecule has 2 unspecified atom stereocenters. The van der Waals surface area contributed by atoms with Crippen molar-refractivity contribution in [2.24, 2.45) is 5.41 Å². The summed E-state index contributed by atoms with van der Waals surface area (Å²) in [4.78, 5) is 4.53. The number of nitrogens with one attached hydrogen (secondary N) is 1. The van der Waals surface area contributed by atoms with Crippen molar-refractivity contribution in [2.45, 2.75) is 18.8 Å². The first-order valence-corrected chi connectivity index (χ1v) is 6.96. The van der Waals surface area contributed by atoms with E-state index in [-0.39, 0.29) is 12.4 Å². The van der Waals surface area contributed by atoms with Gasteiger partial charge in [-0.05, 0) is 36.9 Å². The number of nitrogens with zero attached hydrogens (tertiary/aromatic N) is 2. The molecule has 1 aliphatic carbocycles. The molecule has 1 aromatic heterocycles. The Morgan fingerprint density at radius 3 is 2.95 bits per heavy atom. The summed E-state index contributed by atoms with van der Waals surface area (Å²) in [6.07, 6.45) is 2.37. The third kappa shape index (κ3) is 2.12. The highest BCUT2D eigenvalue weighted by atomic mass is 35.5. The van der Waals surface area contributed by atoms with Crippen molar-refractivity contribution in [1.29, 1.82) is 0 Å². The summed E-state index contributed by atoms with van der Waals surface area (Å²) in [5, 5.41) is 8.14. The minimum Gasteiger partial charge on any atom is -0.339 e. The first kappa shape index (κ1) is 13.9. The van der Waals surface area contributed by atoms with Crippen LogP contribution in [0.1, 0.15) is 24.7 Å². The minimum atomic E-state index is 0. The zero-order valence-electron chi connectivity index (χ0n) is 10.8. The largest absolute Gasteiger partial charge is 0.339 e. The van der Waals surface area contributed by atoms with Crippen LogP contribution in [0.2, 0.25) is 5.02 Å². The zero-order chi connectivity index (χ0) is 12.9. The lowest BCUT2D eigenvalue weighted by molar-refractivity contribution is 0.364. The third-order valence-corrected chi connectivity index (χ3v) is 4.65. The summed E-state index contributed by atoms with van der Waals surface area (Å²) in [5.74, 6) is 1.78. The average Bonchev–Trinajstić information content (AvgIpc) is 2.81. The molecule has 1 saturated heterocycles. The molecule has 1 aliphatic heterocycles. The second-order valence-corrected chi connectivity index (χ2v) is 5.89. The Balaban J connectivity index is 0.00000121. The molecule has 106 valence electrons. The van der Waals surface area contributed by atoms with Crippen LogP contribution in [-0.4, -0.2) is 23.2 Å². The lowest BCUT2D eigenvalue weighted by Crippen LogP contribution is -2.10. The summed E-state index contributed by atoms with van der Waals surface area (Å²) in [6, 6.07) is 7.58. The Bertz CT molecular complexity index is 622. The van der Waals surface area contributed by atoms with Crippen molar-refractivity contribution in [3.05, 3.63) is 35.2 Å². The number of aromatic nitrogens is 2. The van der Waals surface area contributed by atoms with Crippen LogP contribution in [-0.2, 0) is 0 Å². The van der Waals surface area contributed by atoms with Gasteiger partial charge >= 0.3 is 0 Å². The van der Waals surface area contributed by atoms with E-state index in [1.165, 1.54) is 6.42 Å². The topological polar surface area (TPSA) is 51.0 Å². The van der Waals surface area contributed by atoms with Crippen molar-refractivity contribution >= 4 is 24.0 Å². The molecule has 4 nitrogen and oxygen atoms in total. The van der Waals surface area contributed by atoms with Gasteiger partial charge in [-0.1, -0.05) is 28.9 Å². The van der Waals surface area contributed by atoms with Gasteiger partial charge < -0.3 is 9.84 Å². The van der Waals surface area contributed by atoms with Crippen molar-refractivity contribution in [1.82, 2.24) is 15.5 Å². The Hall–Kier alpha value is -1.10. The van der Waals surface area contributed by atoms with Crippen molar-refractivity contribution in [3.8, 4) is 11.4 Å². The second-order valence-electron chi connectivity index (χ2n) is 5.48. The van der Waals surface area contributed by atoms with Crippen LogP contribution >= 0.6 is 24.0 Å². The van der Waals surface area contributed by atoms with Gasteiger partial charge in [-0.2, -0.15) is 4.98 Å². The number of hydrogen-bond acceptors (Lipinski definition) is 4. The molecule has 1 spiro atoms. The van der Waals surface area contributed by atoms with Crippen molar-refractivity contribution in [2.75, 3.05) is 13.1 Å². The Morgan fingerprint density at radius 1 is 1.35 bits per heavy atom. The second kappa shape index (κ2) is 5.02. The smallest absolute Gasteiger partial charge is 0.230 e. The number of benzene rings is 1. The van der Waals surface area contributed by atoms with Crippen LogP contribution in [0.5, 0.6) is 0 Å². The van der Waals surface area contributed by atoms with E-state index in [4.69, 9.17) is 16.1 Å². The van der Waals surface area contributed by atoms with Gasteiger partial charge in [0.2, 0.25) is 11.7 Å². The van der Waals surface area contributed by atoms with E-state index < -0.39 is 0 Å². The van der Waals surface area contributed by atoms with Crippen molar-refractivity contribution in [3.63, 3.8) is 0 Å². The van der Waals surface area contributed by atoms with Crippen LogP contribution in [0.15, 0.2) is 28.8 Å². The van der Waals surface area contributed by atoms with E-state index in [0.29, 0.717) is 22.2 Å². The molecule has 0 radical (unpaired) electrons. The lowest BCUT2D eigenvalue weighted by Gasteiger charge is -2.02. The number of halogens is 2. The maximum Gasteiger partial charge on any atom is 0.230 e. The standard InChI is InChI=1S/C14H14ClN3O.ClH/c15-11-4-2-1-3-9(11)12-17-13(19-18-12)10-7-14(10)5-6-16-8-14;/h1-4,10,16H,5-8H2;1H. The van der Waals surface area contributed by atoms with Crippen LogP contribution < -0.4 is 5.32 Å². The Morgan fingerprint density at radius 2 is 2.20 bits per heavy atom. The summed E-state index contributed by atoms with van der Waals surface area (Å²) in [5.41, 5.74) is 1.21. The maximum atomic E-state index is 6.15. The van der Waals surface area contributed by atoms with E-state index in [0.717, 1.165) is 31.0 Å². The van der Waals surface area contributed by atoms with Gasteiger partial charge in [0, 0.05) is 18.0 Å². The Labute approximate surface area is 128 Å². The predicted molar refractivity (Wildman–Crippen MR) is 79.3 cm³/mol. The average molecular weight is 312 g/mol. The summed E-state index contributed by atoms with van der Waals surface area (Å²) in [7, 11) is 0. The quantitative estimate of drug-likeness (QED) is 0.924. The monoisotopic (exact) mass is 311 g/mol. The van der Waals surface area contributed by atoms with Gasteiger partial charge in [-0.15, -0.1) is 12.4 Å². The SMILES string of the molecule is Cl.Clc1ccccc1-c1noc(C2CC23CCNC3)n1. The molecule has 1 N–H and O–H groups in total. The molecule has 0 bridgehead atoms. The molecule has 2 aliphatic rings.